The number of carboxylic acids is 2. The Morgan fingerprint density at radius 1 is 0.788 bits per heavy atom. The van der Waals surface area contributed by atoms with Crippen LogP contribution in [-0.4, -0.2) is 81.2 Å². The number of hydrogen-bond donors (Lipinski definition) is 8. The number of aliphatic hydroxyl groups is 1. The summed E-state index contributed by atoms with van der Waals surface area (Å²) in [6.07, 6.45) is -2.51. The highest BCUT2D eigenvalue weighted by Crippen LogP contribution is 2.07. The average Bonchev–Trinajstić information content (AvgIpc) is 2.69. The molecule has 0 aliphatic rings. The van der Waals surface area contributed by atoms with Gasteiger partial charge in [0.1, 0.15) is 12.1 Å². The highest BCUT2D eigenvalue weighted by molar-refractivity contribution is 5.94. The van der Waals surface area contributed by atoms with Gasteiger partial charge in [0.15, 0.2) is 6.04 Å². The standard InChI is InChI=1S/C19H33N5O9/c1-8(2)14(18(31)24-15(9(3)25)19(32)33)23-17(30)11(5-7-13(27)28)22-16(29)10(20)4-6-12(21)26/h8-11,14-15,25H,4-7,20H2,1-3H3,(H2,21,26)(H,22,29)(H,23,30)(H,24,31)(H,27,28)(H,32,33). The van der Waals surface area contributed by atoms with Crippen molar-refractivity contribution in [3.8, 4) is 0 Å². The third kappa shape index (κ3) is 11.2. The maximum Gasteiger partial charge on any atom is 0.328 e. The van der Waals surface area contributed by atoms with Crippen molar-refractivity contribution < 1.29 is 44.1 Å². The van der Waals surface area contributed by atoms with E-state index in [0.717, 1.165) is 0 Å². The third-order valence-corrected chi connectivity index (χ3v) is 4.61. The molecule has 188 valence electrons. The molecule has 0 aromatic carbocycles. The van der Waals surface area contributed by atoms with Crippen molar-refractivity contribution in [2.45, 2.75) is 76.7 Å². The number of carbonyl (C=O) groups excluding carboxylic acids is 4. The van der Waals surface area contributed by atoms with Crippen molar-refractivity contribution in [3.05, 3.63) is 0 Å². The summed E-state index contributed by atoms with van der Waals surface area (Å²) in [6.45, 7) is 4.29. The second kappa shape index (κ2) is 14.0. The number of nitrogens with one attached hydrogen (secondary N) is 3. The van der Waals surface area contributed by atoms with Crippen molar-refractivity contribution in [3.63, 3.8) is 0 Å². The predicted molar refractivity (Wildman–Crippen MR) is 113 cm³/mol. The predicted octanol–water partition coefficient (Wildman–Crippen LogP) is -2.98. The third-order valence-electron chi connectivity index (χ3n) is 4.61. The van der Waals surface area contributed by atoms with Crippen LogP contribution in [0.15, 0.2) is 0 Å². The molecule has 10 N–H and O–H groups in total. The Morgan fingerprint density at radius 3 is 1.76 bits per heavy atom. The van der Waals surface area contributed by atoms with Crippen LogP contribution in [0.3, 0.4) is 0 Å². The highest BCUT2D eigenvalue weighted by atomic mass is 16.4. The van der Waals surface area contributed by atoms with Crippen molar-refractivity contribution in [1.29, 1.82) is 0 Å². The number of primary amides is 1. The summed E-state index contributed by atoms with van der Waals surface area (Å²) in [6, 6.07) is -5.45. The van der Waals surface area contributed by atoms with E-state index < -0.39 is 78.2 Å². The highest BCUT2D eigenvalue weighted by Gasteiger charge is 2.33. The molecule has 0 aromatic heterocycles. The first-order valence-corrected chi connectivity index (χ1v) is 10.2. The molecule has 0 aromatic rings. The van der Waals surface area contributed by atoms with Crippen LogP contribution in [0.25, 0.3) is 0 Å². The first-order chi connectivity index (χ1) is 15.2. The molecule has 0 fully saturated rings. The van der Waals surface area contributed by atoms with Gasteiger partial charge in [0, 0.05) is 12.8 Å². The van der Waals surface area contributed by atoms with E-state index in [1.807, 2.05) is 0 Å². The molecule has 0 rings (SSSR count). The van der Waals surface area contributed by atoms with Gasteiger partial charge < -0.3 is 42.7 Å². The Bertz CT molecular complexity index is 741. The number of rotatable bonds is 15. The normalized spacial score (nSPS) is 15.5. The first kappa shape index (κ1) is 29.7. The first-order valence-electron chi connectivity index (χ1n) is 10.2. The molecule has 0 aliphatic heterocycles. The van der Waals surface area contributed by atoms with Crippen molar-refractivity contribution in [1.82, 2.24) is 16.0 Å². The fraction of sp³-hybridized carbons (Fsp3) is 0.684. The smallest absolute Gasteiger partial charge is 0.328 e. The molecule has 0 bridgehead atoms. The Labute approximate surface area is 190 Å². The second-order valence-electron chi connectivity index (χ2n) is 7.90. The van der Waals surface area contributed by atoms with Gasteiger partial charge in [-0.25, -0.2) is 4.79 Å². The maximum absolute atomic E-state index is 12.8. The van der Waals surface area contributed by atoms with Crippen LogP contribution in [0.2, 0.25) is 0 Å². The topological polar surface area (TPSA) is 251 Å². The molecule has 5 unspecified atom stereocenters. The van der Waals surface area contributed by atoms with Gasteiger partial charge in [0.25, 0.3) is 0 Å². The number of amides is 4. The van der Waals surface area contributed by atoms with Gasteiger partial charge in [-0.05, 0) is 25.7 Å². The number of carbonyl (C=O) groups is 6. The fourth-order valence-electron chi connectivity index (χ4n) is 2.66. The number of aliphatic carboxylic acids is 2. The Hall–Kier alpha value is -3.26. The quantitative estimate of drug-likeness (QED) is 0.119. The SMILES string of the molecule is CC(C)C(NC(=O)C(CCC(=O)O)NC(=O)C(N)CCC(N)=O)C(=O)NC(C(=O)O)C(C)O. The molecular weight excluding hydrogens is 442 g/mol. The lowest BCUT2D eigenvalue weighted by atomic mass is 10.0. The van der Waals surface area contributed by atoms with Gasteiger partial charge in [-0.1, -0.05) is 13.8 Å². The van der Waals surface area contributed by atoms with Crippen LogP contribution in [0, 0.1) is 5.92 Å². The summed E-state index contributed by atoms with van der Waals surface area (Å²) in [5.74, 6) is -6.56. The Morgan fingerprint density at radius 2 is 1.33 bits per heavy atom. The van der Waals surface area contributed by atoms with E-state index in [-0.39, 0.29) is 19.3 Å². The summed E-state index contributed by atoms with van der Waals surface area (Å²) in [5.41, 5.74) is 10.7. The van der Waals surface area contributed by atoms with E-state index in [0.29, 0.717) is 0 Å². The molecule has 0 radical (unpaired) electrons. The lowest BCUT2D eigenvalue weighted by Gasteiger charge is -2.27. The Balaban J connectivity index is 5.46. The molecule has 4 amide bonds. The van der Waals surface area contributed by atoms with Crippen LogP contribution in [-0.2, 0) is 28.8 Å². The number of aliphatic hydroxyl groups excluding tert-OH is 1. The maximum atomic E-state index is 12.8. The summed E-state index contributed by atoms with van der Waals surface area (Å²) >= 11 is 0. The van der Waals surface area contributed by atoms with Crippen molar-refractivity contribution >= 4 is 35.6 Å². The van der Waals surface area contributed by atoms with Crippen LogP contribution in [0.4, 0.5) is 0 Å². The molecule has 33 heavy (non-hydrogen) atoms. The van der Waals surface area contributed by atoms with Crippen LogP contribution < -0.4 is 27.4 Å². The lowest BCUT2D eigenvalue weighted by Crippen LogP contribution is -2.59. The van der Waals surface area contributed by atoms with Gasteiger partial charge in [0.2, 0.25) is 23.6 Å². The summed E-state index contributed by atoms with van der Waals surface area (Å²) < 4.78 is 0. The zero-order valence-corrected chi connectivity index (χ0v) is 18.7. The number of nitrogens with two attached hydrogens (primary N) is 2. The number of carboxylic acid groups (broad SMARTS) is 2. The summed E-state index contributed by atoms with van der Waals surface area (Å²) in [7, 11) is 0. The van der Waals surface area contributed by atoms with Gasteiger partial charge in [0.05, 0.1) is 12.1 Å². The van der Waals surface area contributed by atoms with E-state index in [9.17, 15) is 33.9 Å². The molecule has 0 spiro atoms. The van der Waals surface area contributed by atoms with E-state index in [1.54, 1.807) is 13.8 Å². The van der Waals surface area contributed by atoms with Gasteiger partial charge in [-0.2, -0.15) is 0 Å². The fourth-order valence-corrected chi connectivity index (χ4v) is 2.66. The minimum absolute atomic E-state index is 0.0959. The van der Waals surface area contributed by atoms with Crippen molar-refractivity contribution in [2.75, 3.05) is 0 Å². The minimum atomic E-state index is -1.62. The van der Waals surface area contributed by atoms with Crippen LogP contribution in [0.1, 0.15) is 46.5 Å². The second-order valence-corrected chi connectivity index (χ2v) is 7.90. The zero-order valence-electron chi connectivity index (χ0n) is 18.7. The van der Waals surface area contributed by atoms with Gasteiger partial charge in [-0.3, -0.25) is 24.0 Å². The average molecular weight is 475 g/mol. The molecule has 0 saturated carbocycles. The van der Waals surface area contributed by atoms with Gasteiger partial charge in [-0.15, -0.1) is 0 Å². The van der Waals surface area contributed by atoms with E-state index in [2.05, 4.69) is 16.0 Å². The van der Waals surface area contributed by atoms with Crippen LogP contribution in [0.5, 0.6) is 0 Å². The summed E-state index contributed by atoms with van der Waals surface area (Å²) in [5, 5.41) is 34.4. The largest absolute Gasteiger partial charge is 0.481 e. The monoisotopic (exact) mass is 475 g/mol. The summed E-state index contributed by atoms with van der Waals surface area (Å²) in [4.78, 5) is 70.6. The lowest BCUT2D eigenvalue weighted by molar-refractivity contribution is -0.145. The van der Waals surface area contributed by atoms with E-state index in [1.165, 1.54) is 6.92 Å². The molecule has 14 nitrogen and oxygen atoms in total. The molecule has 0 aliphatic carbocycles. The van der Waals surface area contributed by atoms with Crippen molar-refractivity contribution in [2.24, 2.45) is 17.4 Å². The van der Waals surface area contributed by atoms with Gasteiger partial charge >= 0.3 is 11.9 Å². The van der Waals surface area contributed by atoms with E-state index >= 15 is 0 Å². The molecular formula is C19H33N5O9. The zero-order chi connectivity index (χ0) is 25.9. The van der Waals surface area contributed by atoms with E-state index in [4.69, 9.17) is 21.7 Å². The Kier molecular flexibility index (Phi) is 12.6. The molecule has 5 atom stereocenters. The number of hydrogen-bond acceptors (Lipinski definition) is 8. The molecule has 14 heteroatoms. The minimum Gasteiger partial charge on any atom is -0.481 e. The molecule has 0 saturated heterocycles. The van der Waals surface area contributed by atoms with Crippen LogP contribution >= 0.6 is 0 Å². The molecule has 0 heterocycles.